The van der Waals surface area contributed by atoms with Gasteiger partial charge in [-0.15, -0.1) is 0 Å². The van der Waals surface area contributed by atoms with E-state index < -0.39 is 0 Å². The first-order valence-corrected chi connectivity index (χ1v) is 8.61. The van der Waals surface area contributed by atoms with Gasteiger partial charge in [0.15, 0.2) is 0 Å². The molecule has 5 nitrogen and oxygen atoms in total. The van der Waals surface area contributed by atoms with Crippen molar-refractivity contribution >= 4 is 5.91 Å². The Kier molecular flexibility index (Phi) is 7.47. The van der Waals surface area contributed by atoms with E-state index in [1.54, 1.807) is 0 Å². The highest BCUT2D eigenvalue weighted by Crippen LogP contribution is 2.17. The van der Waals surface area contributed by atoms with E-state index in [0.717, 1.165) is 71.6 Å². The molecular weight excluding hydrogens is 266 g/mol. The zero-order valence-electron chi connectivity index (χ0n) is 13.3. The Bertz CT molecular complexity index is 306. The lowest BCUT2D eigenvalue weighted by Gasteiger charge is -2.26. The van der Waals surface area contributed by atoms with Gasteiger partial charge in [-0.25, -0.2) is 0 Å². The van der Waals surface area contributed by atoms with Crippen LogP contribution in [-0.2, 0) is 9.53 Å². The summed E-state index contributed by atoms with van der Waals surface area (Å²) in [5.41, 5.74) is 5.54. The van der Waals surface area contributed by atoms with Gasteiger partial charge in [-0.1, -0.05) is 0 Å². The number of amides is 1. The van der Waals surface area contributed by atoms with E-state index in [0.29, 0.717) is 6.42 Å². The van der Waals surface area contributed by atoms with Crippen molar-refractivity contribution in [2.24, 2.45) is 5.73 Å². The molecular formula is C16H31N3O2. The highest BCUT2D eigenvalue weighted by Gasteiger charge is 2.23. The minimum absolute atomic E-state index is 0.162. The van der Waals surface area contributed by atoms with Gasteiger partial charge in [-0.05, 0) is 58.2 Å². The van der Waals surface area contributed by atoms with Crippen LogP contribution in [0.15, 0.2) is 0 Å². The van der Waals surface area contributed by atoms with Crippen LogP contribution in [0.3, 0.4) is 0 Å². The van der Waals surface area contributed by atoms with Crippen LogP contribution in [0.2, 0.25) is 0 Å². The van der Waals surface area contributed by atoms with E-state index in [9.17, 15) is 4.79 Å². The molecule has 0 saturated carbocycles. The van der Waals surface area contributed by atoms with E-state index >= 15 is 0 Å². The fourth-order valence-electron chi connectivity index (χ4n) is 3.22. The predicted molar refractivity (Wildman–Crippen MR) is 84.1 cm³/mol. The van der Waals surface area contributed by atoms with Gasteiger partial charge in [0.2, 0.25) is 5.91 Å². The summed E-state index contributed by atoms with van der Waals surface area (Å²) in [6.45, 7) is 6.60. The quantitative estimate of drug-likeness (QED) is 0.749. The maximum Gasteiger partial charge on any atom is 0.225 e. The normalized spacial score (nSPS) is 24.8. The topological polar surface area (TPSA) is 58.8 Å². The Labute approximate surface area is 128 Å². The molecule has 0 radical (unpaired) electrons. The molecule has 2 rings (SSSR count). The standard InChI is InChI=1S/C16H31N3O2/c17-7-2-3-8-18-9-5-10-19(12-11-18)16(20)14-15-6-1-4-13-21-15/h15H,1-14,17H2. The summed E-state index contributed by atoms with van der Waals surface area (Å²) in [7, 11) is 0. The Hall–Kier alpha value is -0.650. The predicted octanol–water partition coefficient (Wildman–Crippen LogP) is 1.22. The first-order chi connectivity index (χ1) is 10.3. The number of nitrogens with two attached hydrogens (primary N) is 1. The third-order valence-corrected chi connectivity index (χ3v) is 4.55. The first kappa shape index (κ1) is 16.7. The molecule has 2 N–H and O–H groups in total. The van der Waals surface area contributed by atoms with E-state index in [1.165, 1.54) is 12.8 Å². The second kappa shape index (κ2) is 9.38. The van der Waals surface area contributed by atoms with Crippen LogP contribution in [-0.4, -0.2) is 67.7 Å². The minimum atomic E-state index is 0.162. The molecule has 0 spiro atoms. The van der Waals surface area contributed by atoms with Crippen molar-refractivity contribution in [2.45, 2.75) is 51.0 Å². The maximum absolute atomic E-state index is 12.4. The molecule has 5 heteroatoms. The van der Waals surface area contributed by atoms with Crippen LogP contribution >= 0.6 is 0 Å². The van der Waals surface area contributed by atoms with Crippen molar-refractivity contribution in [3.63, 3.8) is 0 Å². The second-order valence-electron chi connectivity index (χ2n) is 6.26. The molecule has 0 aromatic rings. The molecule has 2 aliphatic rings. The minimum Gasteiger partial charge on any atom is -0.378 e. The number of hydrogen-bond donors (Lipinski definition) is 1. The molecule has 21 heavy (non-hydrogen) atoms. The van der Waals surface area contributed by atoms with Gasteiger partial charge in [-0.3, -0.25) is 4.79 Å². The van der Waals surface area contributed by atoms with Crippen molar-refractivity contribution < 1.29 is 9.53 Å². The SMILES string of the molecule is NCCCCN1CCCN(C(=O)CC2CCCCO2)CC1. The highest BCUT2D eigenvalue weighted by atomic mass is 16.5. The van der Waals surface area contributed by atoms with Crippen molar-refractivity contribution in [3.8, 4) is 0 Å². The highest BCUT2D eigenvalue weighted by molar-refractivity contribution is 5.76. The molecule has 0 aromatic heterocycles. The number of carbonyl (C=O) groups excluding carboxylic acids is 1. The molecule has 0 bridgehead atoms. The number of ether oxygens (including phenoxy) is 1. The lowest BCUT2D eigenvalue weighted by molar-refractivity contribution is -0.135. The summed E-state index contributed by atoms with van der Waals surface area (Å²) in [6.07, 6.45) is 7.48. The Morgan fingerprint density at radius 2 is 2.00 bits per heavy atom. The van der Waals surface area contributed by atoms with E-state index in [-0.39, 0.29) is 12.0 Å². The zero-order chi connectivity index (χ0) is 14.9. The van der Waals surface area contributed by atoms with Crippen molar-refractivity contribution in [2.75, 3.05) is 45.9 Å². The Morgan fingerprint density at radius 1 is 1.10 bits per heavy atom. The Balaban J connectivity index is 1.69. The lowest BCUT2D eigenvalue weighted by Crippen LogP contribution is -2.37. The molecule has 1 atom stereocenters. The monoisotopic (exact) mass is 297 g/mol. The van der Waals surface area contributed by atoms with Crippen LogP contribution in [0, 0.1) is 0 Å². The van der Waals surface area contributed by atoms with Gasteiger partial charge in [0.25, 0.3) is 0 Å². The molecule has 2 aliphatic heterocycles. The van der Waals surface area contributed by atoms with Crippen LogP contribution < -0.4 is 5.73 Å². The third kappa shape index (κ3) is 5.93. The molecule has 2 saturated heterocycles. The van der Waals surface area contributed by atoms with Gasteiger partial charge in [0.05, 0.1) is 12.5 Å². The smallest absolute Gasteiger partial charge is 0.225 e. The zero-order valence-corrected chi connectivity index (χ0v) is 13.3. The summed E-state index contributed by atoms with van der Waals surface area (Å²) in [6, 6.07) is 0. The average molecular weight is 297 g/mol. The van der Waals surface area contributed by atoms with Gasteiger partial charge in [-0.2, -0.15) is 0 Å². The van der Waals surface area contributed by atoms with E-state index in [1.807, 2.05) is 4.90 Å². The van der Waals surface area contributed by atoms with Gasteiger partial charge in [0.1, 0.15) is 0 Å². The molecule has 1 amide bonds. The fraction of sp³-hybridized carbons (Fsp3) is 0.938. The number of unbranched alkanes of at least 4 members (excludes halogenated alkanes) is 1. The average Bonchev–Trinajstić information content (AvgIpc) is 2.74. The number of rotatable bonds is 6. The number of carbonyl (C=O) groups is 1. The number of hydrogen-bond acceptors (Lipinski definition) is 4. The fourth-order valence-corrected chi connectivity index (χ4v) is 3.22. The van der Waals surface area contributed by atoms with Crippen molar-refractivity contribution in [3.05, 3.63) is 0 Å². The lowest BCUT2D eigenvalue weighted by atomic mass is 10.1. The van der Waals surface area contributed by atoms with Gasteiger partial charge >= 0.3 is 0 Å². The van der Waals surface area contributed by atoms with E-state index in [2.05, 4.69) is 4.90 Å². The number of nitrogens with zero attached hydrogens (tertiary/aromatic N) is 2. The second-order valence-corrected chi connectivity index (χ2v) is 6.26. The molecule has 0 aromatic carbocycles. The van der Waals surface area contributed by atoms with Crippen molar-refractivity contribution in [1.29, 1.82) is 0 Å². The molecule has 0 aliphatic carbocycles. The van der Waals surface area contributed by atoms with Crippen LogP contribution in [0.5, 0.6) is 0 Å². The molecule has 122 valence electrons. The largest absolute Gasteiger partial charge is 0.378 e. The van der Waals surface area contributed by atoms with Crippen LogP contribution in [0.4, 0.5) is 0 Å². The summed E-state index contributed by atoms with van der Waals surface area (Å²) < 4.78 is 5.69. The summed E-state index contributed by atoms with van der Waals surface area (Å²) in [4.78, 5) is 16.9. The van der Waals surface area contributed by atoms with E-state index in [4.69, 9.17) is 10.5 Å². The van der Waals surface area contributed by atoms with Gasteiger partial charge < -0.3 is 20.3 Å². The van der Waals surface area contributed by atoms with Crippen LogP contribution in [0.25, 0.3) is 0 Å². The first-order valence-electron chi connectivity index (χ1n) is 8.61. The molecule has 2 heterocycles. The summed E-state index contributed by atoms with van der Waals surface area (Å²) >= 11 is 0. The maximum atomic E-state index is 12.4. The van der Waals surface area contributed by atoms with Crippen molar-refractivity contribution in [1.82, 2.24) is 9.80 Å². The summed E-state index contributed by atoms with van der Waals surface area (Å²) in [5, 5.41) is 0. The summed E-state index contributed by atoms with van der Waals surface area (Å²) in [5.74, 6) is 0.283. The molecule has 2 fully saturated rings. The van der Waals surface area contributed by atoms with Gasteiger partial charge in [0, 0.05) is 26.2 Å². The van der Waals surface area contributed by atoms with Crippen LogP contribution in [0.1, 0.15) is 44.9 Å². The Morgan fingerprint density at radius 3 is 2.76 bits per heavy atom. The molecule has 1 unspecified atom stereocenters. The third-order valence-electron chi connectivity index (χ3n) is 4.55.